The number of aliphatic carboxylic acids is 1. The van der Waals surface area contributed by atoms with Gasteiger partial charge in [-0.05, 0) is 75.6 Å². The summed E-state index contributed by atoms with van der Waals surface area (Å²) in [7, 11) is 0. The van der Waals surface area contributed by atoms with Crippen LogP contribution in [-0.4, -0.2) is 28.7 Å². The Labute approximate surface area is 184 Å². The maximum atomic E-state index is 10.6. The monoisotopic (exact) mass is 423 g/mol. The van der Waals surface area contributed by atoms with Crippen LogP contribution >= 0.6 is 0 Å². The zero-order valence-electron chi connectivity index (χ0n) is 19.0. The SMILES string of the molecule is [2H]C(c1ccncc1OCCCCCC(=O)O)N(c1ccc(-c2ccco2)cc1)C(C)C. The van der Waals surface area contributed by atoms with E-state index in [1.54, 1.807) is 18.7 Å². The average molecular weight is 424 g/mol. The molecule has 1 aromatic carbocycles. The predicted octanol–water partition coefficient (Wildman–Crippen LogP) is 5.78. The summed E-state index contributed by atoms with van der Waals surface area (Å²) in [6.07, 6.45) is 7.32. The van der Waals surface area contributed by atoms with Gasteiger partial charge in [0.2, 0.25) is 0 Å². The van der Waals surface area contributed by atoms with Crippen LogP contribution in [0.15, 0.2) is 65.5 Å². The molecule has 0 fully saturated rings. The number of carboxylic acid groups (broad SMARTS) is 1. The van der Waals surface area contributed by atoms with E-state index in [1.165, 1.54) is 0 Å². The van der Waals surface area contributed by atoms with Crippen molar-refractivity contribution in [2.45, 2.75) is 52.1 Å². The van der Waals surface area contributed by atoms with Crippen molar-refractivity contribution < 1.29 is 20.4 Å². The fourth-order valence-corrected chi connectivity index (χ4v) is 3.27. The molecule has 2 heterocycles. The summed E-state index contributed by atoms with van der Waals surface area (Å²) in [6, 6.07) is 13.7. The van der Waals surface area contributed by atoms with Gasteiger partial charge >= 0.3 is 5.97 Å². The minimum Gasteiger partial charge on any atom is -0.492 e. The van der Waals surface area contributed by atoms with E-state index < -0.39 is 12.5 Å². The molecule has 1 atom stereocenters. The summed E-state index contributed by atoms with van der Waals surface area (Å²) < 4.78 is 20.4. The lowest BCUT2D eigenvalue weighted by atomic mass is 10.1. The van der Waals surface area contributed by atoms with Crippen LogP contribution < -0.4 is 9.64 Å². The molecule has 2 aromatic heterocycles. The molecule has 0 saturated carbocycles. The predicted molar refractivity (Wildman–Crippen MR) is 121 cm³/mol. The third kappa shape index (κ3) is 6.60. The van der Waals surface area contributed by atoms with Crippen LogP contribution in [0.4, 0.5) is 5.69 Å². The van der Waals surface area contributed by atoms with E-state index in [1.807, 2.05) is 47.4 Å². The lowest BCUT2D eigenvalue weighted by molar-refractivity contribution is -0.137. The Balaban J connectivity index is 1.71. The van der Waals surface area contributed by atoms with Crippen molar-refractivity contribution >= 4 is 11.7 Å². The summed E-state index contributed by atoms with van der Waals surface area (Å²) in [4.78, 5) is 16.8. The van der Waals surface area contributed by atoms with Gasteiger partial charge in [0.1, 0.15) is 11.5 Å². The Morgan fingerprint density at radius 2 is 2.00 bits per heavy atom. The van der Waals surface area contributed by atoms with Crippen LogP contribution in [0.1, 0.15) is 46.5 Å². The first-order valence-corrected chi connectivity index (χ1v) is 10.6. The smallest absolute Gasteiger partial charge is 0.303 e. The summed E-state index contributed by atoms with van der Waals surface area (Å²) in [5.74, 6) is 0.621. The Kier molecular flexibility index (Phi) is 7.58. The van der Waals surface area contributed by atoms with E-state index >= 15 is 0 Å². The fourth-order valence-electron chi connectivity index (χ4n) is 3.27. The molecule has 164 valence electrons. The van der Waals surface area contributed by atoms with E-state index in [-0.39, 0.29) is 12.5 Å². The first-order valence-electron chi connectivity index (χ1n) is 11.2. The van der Waals surface area contributed by atoms with Gasteiger partial charge in [-0.2, -0.15) is 0 Å². The number of carbonyl (C=O) groups is 1. The van der Waals surface area contributed by atoms with Crippen molar-refractivity contribution in [2.75, 3.05) is 11.5 Å². The number of aromatic nitrogens is 1. The number of hydrogen-bond donors (Lipinski definition) is 1. The fraction of sp³-hybridized carbons (Fsp3) is 0.360. The number of benzene rings is 1. The van der Waals surface area contributed by atoms with E-state index in [9.17, 15) is 4.79 Å². The standard InChI is InChI=1S/C25H30N2O4/c1-19(2)27(22-11-9-20(10-12-22)23-7-6-16-30-23)18-21-13-14-26-17-24(21)31-15-5-3-4-8-25(28)29/h6-7,9-14,16-17,19H,3-5,8,15,18H2,1-2H3,(H,28,29)/i18D. The van der Waals surface area contributed by atoms with E-state index in [2.05, 4.69) is 18.8 Å². The van der Waals surface area contributed by atoms with E-state index in [0.717, 1.165) is 35.4 Å². The second-order valence-electron chi connectivity index (χ2n) is 7.62. The van der Waals surface area contributed by atoms with Crippen molar-refractivity contribution in [2.24, 2.45) is 0 Å². The zero-order valence-corrected chi connectivity index (χ0v) is 18.0. The molecule has 6 heteroatoms. The number of nitrogens with zero attached hydrogens (tertiary/aromatic N) is 2. The number of ether oxygens (including phenoxy) is 1. The van der Waals surface area contributed by atoms with Gasteiger partial charge in [0.05, 0.1) is 20.4 Å². The maximum absolute atomic E-state index is 10.6. The normalized spacial score (nSPS) is 12.4. The van der Waals surface area contributed by atoms with E-state index in [4.69, 9.17) is 15.6 Å². The lowest BCUT2D eigenvalue weighted by Crippen LogP contribution is -2.30. The molecular formula is C25H30N2O4. The summed E-state index contributed by atoms with van der Waals surface area (Å²) >= 11 is 0. The molecule has 0 amide bonds. The van der Waals surface area contributed by atoms with Gasteiger partial charge in [0.15, 0.2) is 0 Å². The molecule has 6 nitrogen and oxygen atoms in total. The molecule has 0 aliphatic heterocycles. The minimum absolute atomic E-state index is 0.0870. The lowest BCUT2D eigenvalue weighted by Gasteiger charge is -2.30. The zero-order chi connectivity index (χ0) is 22.9. The van der Waals surface area contributed by atoms with Gasteiger partial charge in [-0.3, -0.25) is 9.78 Å². The van der Waals surface area contributed by atoms with Crippen molar-refractivity contribution in [1.82, 2.24) is 4.98 Å². The third-order valence-corrected chi connectivity index (χ3v) is 4.91. The summed E-state index contributed by atoms with van der Waals surface area (Å²) in [5, 5.41) is 8.73. The quantitative estimate of drug-likeness (QED) is 0.372. The number of unbranched alkanes of at least 4 members (excludes halogenated alkanes) is 2. The molecule has 3 aromatic rings. The molecule has 3 rings (SSSR count). The van der Waals surface area contributed by atoms with Crippen LogP contribution in [-0.2, 0) is 11.3 Å². The second kappa shape index (κ2) is 11.2. The van der Waals surface area contributed by atoms with Crippen molar-refractivity contribution in [3.05, 3.63) is 66.7 Å². The van der Waals surface area contributed by atoms with Crippen molar-refractivity contribution in [1.29, 1.82) is 0 Å². The molecular weight excluding hydrogens is 392 g/mol. The van der Waals surface area contributed by atoms with Crippen LogP contribution in [0.2, 0.25) is 0 Å². The molecule has 0 aliphatic carbocycles. The van der Waals surface area contributed by atoms with Crippen molar-refractivity contribution in [3.8, 4) is 17.1 Å². The number of carboxylic acids is 1. The number of pyridine rings is 1. The largest absolute Gasteiger partial charge is 0.492 e. The Morgan fingerprint density at radius 3 is 2.68 bits per heavy atom. The maximum Gasteiger partial charge on any atom is 0.303 e. The molecule has 0 bridgehead atoms. The van der Waals surface area contributed by atoms with Gasteiger partial charge in [-0.25, -0.2) is 0 Å². The highest BCUT2D eigenvalue weighted by atomic mass is 16.5. The Hall–Kier alpha value is -3.28. The molecule has 1 unspecified atom stereocenters. The van der Waals surface area contributed by atoms with Crippen LogP contribution in [0, 0.1) is 0 Å². The van der Waals surface area contributed by atoms with Crippen LogP contribution in [0.5, 0.6) is 5.75 Å². The Bertz CT molecular complexity index is 974. The highest BCUT2D eigenvalue weighted by Gasteiger charge is 2.15. The van der Waals surface area contributed by atoms with E-state index in [0.29, 0.717) is 18.8 Å². The highest BCUT2D eigenvalue weighted by Crippen LogP contribution is 2.28. The van der Waals surface area contributed by atoms with Gasteiger partial charge in [-0.15, -0.1) is 0 Å². The van der Waals surface area contributed by atoms with Crippen LogP contribution in [0.25, 0.3) is 11.3 Å². The molecule has 0 spiro atoms. The number of rotatable bonds is 12. The molecule has 0 aliphatic rings. The topological polar surface area (TPSA) is 75.8 Å². The van der Waals surface area contributed by atoms with Gasteiger partial charge in [0, 0.05) is 42.0 Å². The molecule has 0 radical (unpaired) electrons. The first-order chi connectivity index (χ1) is 15.5. The first kappa shape index (κ1) is 21.0. The van der Waals surface area contributed by atoms with Gasteiger partial charge in [0.25, 0.3) is 0 Å². The Morgan fingerprint density at radius 1 is 1.19 bits per heavy atom. The summed E-state index contributed by atoms with van der Waals surface area (Å²) in [5.41, 5.74) is 2.67. The number of furan rings is 1. The molecule has 0 saturated heterocycles. The van der Waals surface area contributed by atoms with Crippen LogP contribution in [0.3, 0.4) is 0 Å². The summed E-state index contributed by atoms with van der Waals surface area (Å²) in [6.45, 7) is 3.91. The third-order valence-electron chi connectivity index (χ3n) is 4.91. The van der Waals surface area contributed by atoms with Gasteiger partial charge in [-0.1, -0.05) is 0 Å². The second-order valence-corrected chi connectivity index (χ2v) is 7.62. The molecule has 31 heavy (non-hydrogen) atoms. The highest BCUT2D eigenvalue weighted by molar-refractivity contribution is 5.66. The number of anilines is 1. The minimum atomic E-state index is -0.775. The molecule has 1 N–H and O–H groups in total. The van der Waals surface area contributed by atoms with Crippen molar-refractivity contribution in [3.63, 3.8) is 0 Å². The number of hydrogen-bond acceptors (Lipinski definition) is 5. The average Bonchev–Trinajstić information content (AvgIpc) is 3.31. The van der Waals surface area contributed by atoms with Gasteiger partial charge < -0.3 is 19.2 Å².